The quantitative estimate of drug-likeness (QED) is 0.863. The number of amides is 1. The molecule has 0 bridgehead atoms. The molecule has 2 atom stereocenters. The summed E-state index contributed by atoms with van der Waals surface area (Å²) in [6.45, 7) is 6.55. The Hall–Kier alpha value is -1.46. The summed E-state index contributed by atoms with van der Waals surface area (Å²) in [4.78, 5) is 18.5. The summed E-state index contributed by atoms with van der Waals surface area (Å²) >= 11 is 0. The van der Waals surface area contributed by atoms with Gasteiger partial charge in [0.2, 0.25) is 0 Å². The predicted molar refractivity (Wildman–Crippen MR) is 71.0 cm³/mol. The molecule has 0 spiro atoms. The third-order valence-electron chi connectivity index (χ3n) is 3.27. The van der Waals surface area contributed by atoms with Crippen molar-refractivity contribution in [3.63, 3.8) is 0 Å². The van der Waals surface area contributed by atoms with Gasteiger partial charge in [-0.2, -0.15) is 0 Å². The fourth-order valence-corrected chi connectivity index (χ4v) is 2.39. The number of carbonyl (C=O) groups excluding carboxylic acids is 1. The molecule has 104 valence electrons. The number of ether oxygens (including phenoxy) is 1. The van der Waals surface area contributed by atoms with E-state index < -0.39 is 0 Å². The molecule has 5 nitrogen and oxygen atoms in total. The van der Waals surface area contributed by atoms with Crippen LogP contribution < -0.4 is 0 Å². The molecule has 0 aliphatic carbocycles. The number of aromatic nitrogens is 1. The largest absolute Gasteiger partial charge is 0.394 e. The van der Waals surface area contributed by atoms with Gasteiger partial charge in [0.15, 0.2) is 0 Å². The average Bonchev–Trinajstić information content (AvgIpc) is 2.37. The fraction of sp³-hybridized carbons (Fsp3) is 0.571. The molecular formula is C14H20N2O3. The van der Waals surface area contributed by atoms with E-state index in [9.17, 15) is 9.90 Å². The molecule has 2 heterocycles. The van der Waals surface area contributed by atoms with Gasteiger partial charge in [0.05, 0.1) is 30.1 Å². The number of pyridine rings is 1. The molecule has 19 heavy (non-hydrogen) atoms. The summed E-state index contributed by atoms with van der Waals surface area (Å²) in [5.41, 5.74) is 2.26. The van der Waals surface area contributed by atoms with E-state index >= 15 is 0 Å². The Morgan fingerprint density at radius 1 is 1.47 bits per heavy atom. The third-order valence-corrected chi connectivity index (χ3v) is 3.27. The molecule has 0 saturated carbocycles. The summed E-state index contributed by atoms with van der Waals surface area (Å²) in [6.07, 6.45) is -0.361. The van der Waals surface area contributed by atoms with Crippen molar-refractivity contribution >= 4 is 5.91 Å². The molecule has 1 fully saturated rings. The van der Waals surface area contributed by atoms with Crippen molar-refractivity contribution in [3.05, 3.63) is 29.1 Å². The molecule has 2 rings (SSSR count). The van der Waals surface area contributed by atoms with Gasteiger partial charge >= 0.3 is 0 Å². The van der Waals surface area contributed by atoms with Crippen LogP contribution in [0.2, 0.25) is 0 Å². The summed E-state index contributed by atoms with van der Waals surface area (Å²) in [7, 11) is 0. The van der Waals surface area contributed by atoms with Crippen LogP contribution in [0.25, 0.3) is 0 Å². The van der Waals surface area contributed by atoms with Gasteiger partial charge in [-0.25, -0.2) is 0 Å². The van der Waals surface area contributed by atoms with Crippen molar-refractivity contribution in [1.82, 2.24) is 9.88 Å². The van der Waals surface area contributed by atoms with E-state index in [1.165, 1.54) is 0 Å². The van der Waals surface area contributed by atoms with E-state index in [0.29, 0.717) is 18.7 Å². The lowest BCUT2D eigenvalue weighted by Gasteiger charge is -2.36. The van der Waals surface area contributed by atoms with Gasteiger partial charge in [0.25, 0.3) is 5.91 Å². The number of hydrogen-bond donors (Lipinski definition) is 1. The predicted octanol–water partition coefficient (Wildman–Crippen LogP) is 0.920. The maximum absolute atomic E-state index is 12.5. The first-order chi connectivity index (χ1) is 9.01. The molecule has 1 aliphatic rings. The third kappa shape index (κ3) is 3.11. The van der Waals surface area contributed by atoms with Gasteiger partial charge in [0.1, 0.15) is 0 Å². The van der Waals surface area contributed by atoms with Crippen LogP contribution in [-0.2, 0) is 4.74 Å². The van der Waals surface area contributed by atoms with Crippen LogP contribution in [0.4, 0.5) is 0 Å². The lowest BCUT2D eigenvalue weighted by molar-refractivity contribution is -0.0858. The van der Waals surface area contributed by atoms with Crippen LogP contribution in [0, 0.1) is 13.8 Å². The molecule has 1 aromatic heterocycles. The van der Waals surface area contributed by atoms with Crippen LogP contribution in [0.3, 0.4) is 0 Å². The topological polar surface area (TPSA) is 62.7 Å². The Morgan fingerprint density at radius 3 is 2.84 bits per heavy atom. The minimum atomic E-state index is -0.300. The van der Waals surface area contributed by atoms with Crippen molar-refractivity contribution in [2.75, 3.05) is 19.7 Å². The second-order valence-corrected chi connectivity index (χ2v) is 5.05. The molecule has 1 aromatic rings. The second kappa shape index (κ2) is 5.67. The average molecular weight is 264 g/mol. The van der Waals surface area contributed by atoms with Gasteiger partial charge in [-0.1, -0.05) is 0 Å². The van der Waals surface area contributed by atoms with E-state index in [0.717, 1.165) is 11.4 Å². The van der Waals surface area contributed by atoms with Gasteiger partial charge in [-0.05, 0) is 32.9 Å². The van der Waals surface area contributed by atoms with Gasteiger partial charge < -0.3 is 14.7 Å². The van der Waals surface area contributed by atoms with Crippen LogP contribution >= 0.6 is 0 Å². The lowest BCUT2D eigenvalue weighted by atomic mass is 10.1. The van der Waals surface area contributed by atoms with E-state index in [4.69, 9.17) is 4.74 Å². The number of aryl methyl sites for hydroxylation is 2. The Bertz CT molecular complexity index is 476. The molecule has 2 unspecified atom stereocenters. The van der Waals surface area contributed by atoms with Crippen LogP contribution in [0.5, 0.6) is 0 Å². The monoisotopic (exact) mass is 264 g/mol. The van der Waals surface area contributed by atoms with Crippen molar-refractivity contribution < 1.29 is 14.6 Å². The van der Waals surface area contributed by atoms with E-state index in [2.05, 4.69) is 4.98 Å². The van der Waals surface area contributed by atoms with E-state index in [1.54, 1.807) is 4.90 Å². The number of aliphatic hydroxyl groups is 1. The first-order valence-corrected chi connectivity index (χ1v) is 6.51. The van der Waals surface area contributed by atoms with Crippen LogP contribution in [0.1, 0.15) is 28.7 Å². The van der Waals surface area contributed by atoms with Crippen molar-refractivity contribution in [2.45, 2.75) is 33.0 Å². The maximum Gasteiger partial charge on any atom is 0.255 e. The summed E-state index contributed by atoms with van der Waals surface area (Å²) in [5.74, 6) is -0.0430. The molecule has 0 radical (unpaired) electrons. The molecule has 0 aromatic carbocycles. The summed E-state index contributed by atoms with van der Waals surface area (Å²) in [6, 6.07) is 3.65. The van der Waals surface area contributed by atoms with Crippen LogP contribution in [0.15, 0.2) is 12.1 Å². The SMILES string of the molecule is Cc1ccc(C(=O)N2CC(C)OC(CO)C2)c(C)n1. The normalized spacial score (nSPS) is 23.5. The molecule has 1 N–H and O–H groups in total. The van der Waals surface area contributed by atoms with Crippen molar-refractivity contribution in [2.24, 2.45) is 0 Å². The highest BCUT2D eigenvalue weighted by Gasteiger charge is 2.29. The molecule has 1 saturated heterocycles. The van der Waals surface area contributed by atoms with Crippen molar-refractivity contribution in [3.8, 4) is 0 Å². The van der Waals surface area contributed by atoms with E-state index in [1.807, 2.05) is 32.9 Å². The molecule has 5 heteroatoms. The minimum Gasteiger partial charge on any atom is -0.394 e. The number of nitrogens with zero attached hydrogens (tertiary/aromatic N) is 2. The zero-order chi connectivity index (χ0) is 14.0. The Morgan fingerprint density at radius 2 is 2.21 bits per heavy atom. The van der Waals surface area contributed by atoms with Crippen molar-refractivity contribution in [1.29, 1.82) is 0 Å². The van der Waals surface area contributed by atoms with Gasteiger partial charge in [-0.3, -0.25) is 9.78 Å². The number of morpholine rings is 1. The minimum absolute atomic E-state index is 0.0430. The van der Waals surface area contributed by atoms with Crippen LogP contribution in [-0.4, -0.2) is 52.8 Å². The second-order valence-electron chi connectivity index (χ2n) is 5.05. The highest BCUT2D eigenvalue weighted by Crippen LogP contribution is 2.16. The number of hydrogen-bond acceptors (Lipinski definition) is 4. The zero-order valence-electron chi connectivity index (χ0n) is 11.6. The number of aliphatic hydroxyl groups excluding tert-OH is 1. The number of rotatable bonds is 2. The first-order valence-electron chi connectivity index (χ1n) is 6.51. The summed E-state index contributed by atoms with van der Waals surface area (Å²) in [5, 5.41) is 9.19. The zero-order valence-corrected chi connectivity index (χ0v) is 11.6. The molecule has 1 amide bonds. The lowest BCUT2D eigenvalue weighted by Crippen LogP contribution is -2.50. The Labute approximate surface area is 113 Å². The smallest absolute Gasteiger partial charge is 0.255 e. The van der Waals surface area contributed by atoms with Gasteiger partial charge in [0, 0.05) is 18.8 Å². The van der Waals surface area contributed by atoms with E-state index in [-0.39, 0.29) is 24.7 Å². The van der Waals surface area contributed by atoms with Gasteiger partial charge in [-0.15, -0.1) is 0 Å². The summed E-state index contributed by atoms with van der Waals surface area (Å²) < 4.78 is 5.54. The first kappa shape index (κ1) is 14.0. The number of carbonyl (C=O) groups is 1. The highest BCUT2D eigenvalue weighted by atomic mass is 16.5. The highest BCUT2D eigenvalue weighted by molar-refractivity contribution is 5.95. The maximum atomic E-state index is 12.5. The fourth-order valence-electron chi connectivity index (χ4n) is 2.39. The molecular weight excluding hydrogens is 244 g/mol. The standard InChI is InChI=1S/C14H20N2O3/c1-9-4-5-13(11(3)15-9)14(18)16-6-10(2)19-12(7-16)8-17/h4-5,10,12,17H,6-8H2,1-3H3. The Kier molecular flexibility index (Phi) is 4.17. The molecule has 1 aliphatic heterocycles. The Balaban J connectivity index is 2.18.